The predicted octanol–water partition coefficient (Wildman–Crippen LogP) is 2.62. The smallest absolute Gasteiger partial charge is 0.0466 e. The maximum atomic E-state index is 5.94. The number of benzene rings is 1. The lowest BCUT2D eigenvalue weighted by Crippen LogP contribution is -2.29. The first-order chi connectivity index (χ1) is 9.38. The Hall–Kier alpha value is -1.45. The highest BCUT2D eigenvalue weighted by atomic mass is 14.9. The van der Waals surface area contributed by atoms with Crippen LogP contribution >= 0.6 is 0 Å². The number of fused-ring (bicyclic) bond motifs is 1. The monoisotopic (exact) mass is 255 g/mol. The minimum atomic E-state index is 0.206. The van der Waals surface area contributed by atoms with E-state index in [1.54, 1.807) is 0 Å². The molecule has 1 heterocycles. The number of nitrogens with two attached hydrogens (primary N) is 1. The molecule has 19 heavy (non-hydrogen) atoms. The molecular formula is C16H21N3. The molecule has 0 saturated heterocycles. The third-order valence-electron chi connectivity index (χ3n) is 3.95. The first-order valence-electron chi connectivity index (χ1n) is 7.14. The van der Waals surface area contributed by atoms with Gasteiger partial charge < -0.3 is 11.1 Å². The van der Waals surface area contributed by atoms with Crippen molar-refractivity contribution >= 4 is 10.8 Å². The molecule has 0 radical (unpaired) electrons. The number of pyridine rings is 1. The SMILES string of the molecule is NCC(NCCC1CC1)c1cncc2ccccc12. The fourth-order valence-corrected chi connectivity index (χ4v) is 2.61. The Labute approximate surface area is 114 Å². The molecule has 0 aliphatic heterocycles. The van der Waals surface area contributed by atoms with E-state index in [0.29, 0.717) is 6.54 Å². The zero-order chi connectivity index (χ0) is 13.1. The van der Waals surface area contributed by atoms with Crippen LogP contribution in [0.1, 0.15) is 30.9 Å². The molecule has 1 fully saturated rings. The second-order valence-corrected chi connectivity index (χ2v) is 5.42. The van der Waals surface area contributed by atoms with Crippen molar-refractivity contribution in [1.29, 1.82) is 0 Å². The highest BCUT2D eigenvalue weighted by molar-refractivity contribution is 5.85. The Morgan fingerprint density at radius 3 is 2.89 bits per heavy atom. The van der Waals surface area contributed by atoms with Crippen molar-refractivity contribution in [1.82, 2.24) is 10.3 Å². The summed E-state index contributed by atoms with van der Waals surface area (Å²) in [6, 6.07) is 8.58. The molecule has 3 nitrogen and oxygen atoms in total. The van der Waals surface area contributed by atoms with Gasteiger partial charge in [0.2, 0.25) is 0 Å². The summed E-state index contributed by atoms with van der Waals surface area (Å²) in [6.07, 6.45) is 7.95. The Kier molecular flexibility index (Phi) is 3.76. The van der Waals surface area contributed by atoms with Crippen LogP contribution in [0.2, 0.25) is 0 Å². The molecule has 100 valence electrons. The highest BCUT2D eigenvalue weighted by Crippen LogP contribution is 2.32. The molecule has 0 bridgehead atoms. The molecule has 0 spiro atoms. The number of aromatic nitrogens is 1. The summed E-state index contributed by atoms with van der Waals surface area (Å²) in [7, 11) is 0. The second-order valence-electron chi connectivity index (χ2n) is 5.42. The number of hydrogen-bond acceptors (Lipinski definition) is 3. The molecule has 2 aromatic rings. The third kappa shape index (κ3) is 2.94. The van der Waals surface area contributed by atoms with Gasteiger partial charge in [-0.15, -0.1) is 0 Å². The van der Waals surface area contributed by atoms with Crippen LogP contribution in [-0.4, -0.2) is 18.1 Å². The summed E-state index contributed by atoms with van der Waals surface area (Å²) in [6.45, 7) is 1.66. The Balaban J connectivity index is 1.79. The first-order valence-corrected chi connectivity index (χ1v) is 7.14. The van der Waals surface area contributed by atoms with E-state index in [2.05, 4.69) is 28.5 Å². The van der Waals surface area contributed by atoms with E-state index in [9.17, 15) is 0 Å². The lowest BCUT2D eigenvalue weighted by atomic mass is 10.0. The average molecular weight is 255 g/mol. The zero-order valence-corrected chi connectivity index (χ0v) is 11.2. The predicted molar refractivity (Wildman–Crippen MR) is 78.9 cm³/mol. The number of hydrogen-bond donors (Lipinski definition) is 2. The summed E-state index contributed by atoms with van der Waals surface area (Å²) < 4.78 is 0. The summed E-state index contributed by atoms with van der Waals surface area (Å²) in [5.74, 6) is 0.955. The van der Waals surface area contributed by atoms with Gasteiger partial charge in [-0.05, 0) is 29.8 Å². The molecule has 1 saturated carbocycles. The fourth-order valence-electron chi connectivity index (χ4n) is 2.61. The molecule has 1 aromatic carbocycles. The molecule has 1 unspecified atom stereocenters. The zero-order valence-electron chi connectivity index (χ0n) is 11.2. The van der Waals surface area contributed by atoms with E-state index in [1.807, 2.05) is 18.5 Å². The van der Waals surface area contributed by atoms with Crippen LogP contribution in [0.5, 0.6) is 0 Å². The van der Waals surface area contributed by atoms with Gasteiger partial charge in [0, 0.05) is 30.4 Å². The Morgan fingerprint density at radius 2 is 2.11 bits per heavy atom. The minimum Gasteiger partial charge on any atom is -0.329 e. The van der Waals surface area contributed by atoms with Crippen molar-refractivity contribution in [2.24, 2.45) is 11.7 Å². The minimum absolute atomic E-state index is 0.206. The van der Waals surface area contributed by atoms with Crippen LogP contribution < -0.4 is 11.1 Å². The third-order valence-corrected chi connectivity index (χ3v) is 3.95. The highest BCUT2D eigenvalue weighted by Gasteiger charge is 2.21. The maximum Gasteiger partial charge on any atom is 0.0466 e. The molecule has 3 rings (SSSR count). The van der Waals surface area contributed by atoms with Gasteiger partial charge in [-0.2, -0.15) is 0 Å². The fraction of sp³-hybridized carbons (Fsp3) is 0.438. The second kappa shape index (κ2) is 5.68. The molecule has 1 aliphatic rings. The Bertz CT molecular complexity index is 543. The molecule has 3 heteroatoms. The summed E-state index contributed by atoms with van der Waals surface area (Å²) >= 11 is 0. The molecule has 1 atom stereocenters. The van der Waals surface area contributed by atoms with Crippen molar-refractivity contribution in [3.63, 3.8) is 0 Å². The normalized spacial score (nSPS) is 16.7. The van der Waals surface area contributed by atoms with E-state index < -0.39 is 0 Å². The van der Waals surface area contributed by atoms with Gasteiger partial charge in [-0.3, -0.25) is 4.98 Å². The lowest BCUT2D eigenvalue weighted by Gasteiger charge is -2.18. The maximum absolute atomic E-state index is 5.94. The van der Waals surface area contributed by atoms with Gasteiger partial charge in [0.25, 0.3) is 0 Å². The van der Waals surface area contributed by atoms with Crippen molar-refractivity contribution in [2.45, 2.75) is 25.3 Å². The summed E-state index contributed by atoms with van der Waals surface area (Å²) in [5, 5.41) is 6.02. The van der Waals surface area contributed by atoms with E-state index >= 15 is 0 Å². The van der Waals surface area contributed by atoms with E-state index in [1.165, 1.54) is 35.6 Å². The molecule has 1 aromatic heterocycles. The lowest BCUT2D eigenvalue weighted by molar-refractivity contribution is 0.517. The van der Waals surface area contributed by atoms with Crippen LogP contribution in [0, 0.1) is 5.92 Å². The number of nitrogens with one attached hydrogen (secondary N) is 1. The van der Waals surface area contributed by atoms with Crippen LogP contribution in [0.3, 0.4) is 0 Å². The topological polar surface area (TPSA) is 50.9 Å². The van der Waals surface area contributed by atoms with Gasteiger partial charge in [-0.1, -0.05) is 37.1 Å². The van der Waals surface area contributed by atoms with Gasteiger partial charge in [0.15, 0.2) is 0 Å². The first kappa shape index (κ1) is 12.6. The van der Waals surface area contributed by atoms with Crippen molar-refractivity contribution in [3.8, 4) is 0 Å². The van der Waals surface area contributed by atoms with Crippen LogP contribution in [0.25, 0.3) is 10.8 Å². The van der Waals surface area contributed by atoms with Crippen molar-refractivity contribution in [2.75, 3.05) is 13.1 Å². The van der Waals surface area contributed by atoms with Crippen LogP contribution in [-0.2, 0) is 0 Å². The summed E-state index contributed by atoms with van der Waals surface area (Å²) in [4.78, 5) is 4.34. The Morgan fingerprint density at radius 1 is 1.26 bits per heavy atom. The van der Waals surface area contributed by atoms with E-state index in [0.717, 1.165) is 12.5 Å². The van der Waals surface area contributed by atoms with Gasteiger partial charge >= 0.3 is 0 Å². The van der Waals surface area contributed by atoms with Crippen LogP contribution in [0.15, 0.2) is 36.7 Å². The number of rotatable bonds is 6. The van der Waals surface area contributed by atoms with Gasteiger partial charge in [0.1, 0.15) is 0 Å². The van der Waals surface area contributed by atoms with Crippen LogP contribution in [0.4, 0.5) is 0 Å². The van der Waals surface area contributed by atoms with Gasteiger partial charge in [-0.25, -0.2) is 0 Å². The van der Waals surface area contributed by atoms with Crippen molar-refractivity contribution < 1.29 is 0 Å². The molecular weight excluding hydrogens is 234 g/mol. The molecule has 1 aliphatic carbocycles. The van der Waals surface area contributed by atoms with Gasteiger partial charge in [0.05, 0.1) is 0 Å². The molecule has 0 amide bonds. The standard InChI is InChI=1S/C16H21N3/c17-9-16(19-8-7-12-5-6-12)15-11-18-10-13-3-1-2-4-14(13)15/h1-4,10-12,16,19H,5-9,17H2. The largest absolute Gasteiger partial charge is 0.329 e. The van der Waals surface area contributed by atoms with E-state index in [4.69, 9.17) is 5.73 Å². The number of nitrogens with zero attached hydrogens (tertiary/aromatic N) is 1. The average Bonchev–Trinajstić information content (AvgIpc) is 3.27. The summed E-state index contributed by atoms with van der Waals surface area (Å²) in [5.41, 5.74) is 7.16. The molecule has 3 N–H and O–H groups in total. The van der Waals surface area contributed by atoms with Crippen molar-refractivity contribution in [3.05, 3.63) is 42.2 Å². The van der Waals surface area contributed by atoms with E-state index in [-0.39, 0.29) is 6.04 Å². The quantitative estimate of drug-likeness (QED) is 0.834.